The van der Waals surface area contributed by atoms with Crippen LogP contribution in [-0.2, 0) is 4.74 Å². The predicted molar refractivity (Wildman–Crippen MR) is 84.3 cm³/mol. The molecule has 0 bridgehead atoms. The average molecular weight is 276 g/mol. The first-order chi connectivity index (χ1) is 9.69. The number of benzene rings is 1. The third-order valence-corrected chi connectivity index (χ3v) is 4.29. The van der Waals surface area contributed by atoms with Crippen LogP contribution in [0.2, 0.25) is 0 Å². The molecule has 0 aromatic heterocycles. The van der Waals surface area contributed by atoms with Gasteiger partial charge in [-0.2, -0.15) is 0 Å². The van der Waals surface area contributed by atoms with Crippen LogP contribution in [0.4, 0.5) is 0 Å². The largest absolute Gasteiger partial charge is 0.383 e. The van der Waals surface area contributed by atoms with Gasteiger partial charge in [-0.05, 0) is 38.3 Å². The van der Waals surface area contributed by atoms with Crippen LogP contribution in [0, 0.1) is 6.92 Å². The van der Waals surface area contributed by atoms with Crippen LogP contribution in [0.25, 0.3) is 0 Å². The summed E-state index contributed by atoms with van der Waals surface area (Å²) in [5.41, 5.74) is 2.85. The molecule has 0 saturated heterocycles. The zero-order chi connectivity index (χ0) is 14.4. The van der Waals surface area contributed by atoms with Crippen molar-refractivity contribution in [2.24, 2.45) is 0 Å². The lowest BCUT2D eigenvalue weighted by atomic mass is 9.76. The van der Waals surface area contributed by atoms with Crippen molar-refractivity contribution in [2.45, 2.75) is 31.7 Å². The van der Waals surface area contributed by atoms with Crippen molar-refractivity contribution >= 4 is 0 Å². The van der Waals surface area contributed by atoms with Crippen molar-refractivity contribution in [3.05, 3.63) is 35.4 Å². The molecule has 1 fully saturated rings. The number of likely N-dealkylation sites (N-methyl/N-ethyl adjacent to an activating group) is 1. The SMILES string of the molecule is COCCN(C)CCNC1CC(c2ccc(C)cc2)C1. The molecule has 1 aliphatic carbocycles. The van der Waals surface area contributed by atoms with Crippen LogP contribution in [0.15, 0.2) is 24.3 Å². The summed E-state index contributed by atoms with van der Waals surface area (Å²) in [7, 11) is 3.91. The van der Waals surface area contributed by atoms with Crippen molar-refractivity contribution in [3.63, 3.8) is 0 Å². The zero-order valence-corrected chi connectivity index (χ0v) is 13.1. The van der Waals surface area contributed by atoms with Crippen molar-refractivity contribution in [3.8, 4) is 0 Å². The zero-order valence-electron chi connectivity index (χ0n) is 13.1. The summed E-state index contributed by atoms with van der Waals surface area (Å²) < 4.78 is 5.08. The first-order valence-electron chi connectivity index (χ1n) is 7.66. The van der Waals surface area contributed by atoms with Crippen LogP contribution in [0.1, 0.15) is 29.9 Å². The topological polar surface area (TPSA) is 24.5 Å². The molecule has 3 nitrogen and oxygen atoms in total. The Morgan fingerprint density at radius 1 is 1.20 bits per heavy atom. The van der Waals surface area contributed by atoms with Gasteiger partial charge in [0.05, 0.1) is 6.61 Å². The maximum atomic E-state index is 5.08. The third-order valence-electron chi connectivity index (χ3n) is 4.29. The number of hydrogen-bond acceptors (Lipinski definition) is 3. The molecule has 3 heteroatoms. The summed E-state index contributed by atoms with van der Waals surface area (Å²) in [6.45, 7) is 6.14. The predicted octanol–water partition coefficient (Wildman–Crippen LogP) is 2.41. The van der Waals surface area contributed by atoms with Crippen molar-refractivity contribution in [2.75, 3.05) is 40.4 Å². The standard InChI is InChI=1S/C17H28N2O/c1-14-4-6-15(7-5-14)16-12-17(13-16)18-8-9-19(2)10-11-20-3/h4-7,16-18H,8-13H2,1-3H3. The summed E-state index contributed by atoms with van der Waals surface area (Å²) >= 11 is 0. The Kier molecular flexibility index (Phi) is 6.02. The van der Waals surface area contributed by atoms with E-state index in [9.17, 15) is 0 Å². The van der Waals surface area contributed by atoms with E-state index < -0.39 is 0 Å². The molecule has 20 heavy (non-hydrogen) atoms. The second kappa shape index (κ2) is 7.77. The molecule has 1 N–H and O–H groups in total. The first kappa shape index (κ1) is 15.5. The highest BCUT2D eigenvalue weighted by Gasteiger charge is 2.29. The highest BCUT2D eigenvalue weighted by Crippen LogP contribution is 2.36. The second-order valence-corrected chi connectivity index (χ2v) is 6.03. The first-order valence-corrected chi connectivity index (χ1v) is 7.66. The summed E-state index contributed by atoms with van der Waals surface area (Å²) in [4.78, 5) is 2.31. The maximum Gasteiger partial charge on any atom is 0.0589 e. The molecule has 0 amide bonds. The molecule has 1 aromatic carbocycles. The van der Waals surface area contributed by atoms with Gasteiger partial charge >= 0.3 is 0 Å². The van der Waals surface area contributed by atoms with E-state index in [-0.39, 0.29) is 0 Å². The van der Waals surface area contributed by atoms with Crippen LogP contribution in [0.5, 0.6) is 0 Å². The summed E-state index contributed by atoms with van der Waals surface area (Å²) in [6.07, 6.45) is 2.57. The second-order valence-electron chi connectivity index (χ2n) is 6.03. The Hall–Kier alpha value is -0.900. The van der Waals surface area contributed by atoms with Gasteiger partial charge < -0.3 is 15.0 Å². The summed E-state index contributed by atoms with van der Waals surface area (Å²) in [6, 6.07) is 9.72. The molecule has 0 spiro atoms. The number of nitrogens with one attached hydrogen (secondary N) is 1. The minimum absolute atomic E-state index is 0.706. The van der Waals surface area contributed by atoms with Crippen molar-refractivity contribution in [1.82, 2.24) is 10.2 Å². The highest BCUT2D eigenvalue weighted by molar-refractivity contribution is 5.26. The molecule has 0 radical (unpaired) electrons. The lowest BCUT2D eigenvalue weighted by Crippen LogP contribution is -2.43. The summed E-state index contributed by atoms with van der Waals surface area (Å²) in [5, 5.41) is 3.66. The van der Waals surface area contributed by atoms with Gasteiger partial charge in [0.2, 0.25) is 0 Å². The van der Waals surface area contributed by atoms with Crippen LogP contribution in [-0.4, -0.2) is 51.3 Å². The fourth-order valence-corrected chi connectivity index (χ4v) is 2.71. The van der Waals surface area contributed by atoms with Gasteiger partial charge in [-0.15, -0.1) is 0 Å². The molecule has 0 atom stereocenters. The Balaban J connectivity index is 1.59. The lowest BCUT2D eigenvalue weighted by Gasteiger charge is -2.37. The van der Waals surface area contributed by atoms with Gasteiger partial charge in [-0.3, -0.25) is 0 Å². The van der Waals surface area contributed by atoms with Gasteiger partial charge in [-0.25, -0.2) is 0 Å². The van der Waals surface area contributed by atoms with E-state index in [0.29, 0.717) is 6.04 Å². The number of nitrogens with zero attached hydrogens (tertiary/aromatic N) is 1. The molecular weight excluding hydrogens is 248 g/mol. The monoisotopic (exact) mass is 276 g/mol. The van der Waals surface area contributed by atoms with E-state index in [0.717, 1.165) is 32.2 Å². The van der Waals surface area contributed by atoms with Crippen molar-refractivity contribution < 1.29 is 4.74 Å². The highest BCUT2D eigenvalue weighted by atomic mass is 16.5. The molecule has 1 saturated carbocycles. The molecule has 2 rings (SSSR count). The normalized spacial score (nSPS) is 22.0. The molecule has 0 unspecified atom stereocenters. The molecule has 1 aromatic rings. The molecular formula is C17H28N2O. The van der Waals surface area contributed by atoms with Crippen molar-refractivity contribution in [1.29, 1.82) is 0 Å². The average Bonchev–Trinajstić information content (AvgIpc) is 2.40. The Bertz CT molecular complexity index is 384. The van der Waals surface area contributed by atoms with Gasteiger partial charge in [0, 0.05) is 32.8 Å². The van der Waals surface area contributed by atoms with Gasteiger partial charge in [0.1, 0.15) is 0 Å². The number of hydrogen-bond donors (Lipinski definition) is 1. The number of rotatable bonds is 8. The molecule has 0 heterocycles. The lowest BCUT2D eigenvalue weighted by molar-refractivity contribution is 0.159. The van der Waals surface area contributed by atoms with Gasteiger partial charge in [-0.1, -0.05) is 29.8 Å². The Morgan fingerprint density at radius 3 is 2.55 bits per heavy atom. The van der Waals surface area contributed by atoms with E-state index in [1.165, 1.54) is 24.0 Å². The van der Waals surface area contributed by atoms with Gasteiger partial charge in [0.15, 0.2) is 0 Å². The maximum absolute atomic E-state index is 5.08. The van der Waals surface area contributed by atoms with Crippen LogP contribution in [0.3, 0.4) is 0 Å². The fourth-order valence-electron chi connectivity index (χ4n) is 2.71. The molecule has 0 aliphatic heterocycles. The smallest absolute Gasteiger partial charge is 0.0589 e. The number of methoxy groups -OCH3 is 1. The van der Waals surface area contributed by atoms with E-state index in [4.69, 9.17) is 4.74 Å². The number of aryl methyl sites for hydroxylation is 1. The molecule has 1 aliphatic rings. The van der Waals surface area contributed by atoms with E-state index in [2.05, 4.69) is 48.5 Å². The Morgan fingerprint density at radius 2 is 1.90 bits per heavy atom. The minimum atomic E-state index is 0.706. The van der Waals surface area contributed by atoms with E-state index in [1.807, 2.05) is 0 Å². The van der Waals surface area contributed by atoms with E-state index >= 15 is 0 Å². The number of ether oxygens (including phenoxy) is 1. The summed E-state index contributed by atoms with van der Waals surface area (Å²) in [5.74, 6) is 0.763. The Labute approximate surface area is 123 Å². The third kappa shape index (κ3) is 4.58. The fraction of sp³-hybridized carbons (Fsp3) is 0.647. The molecule has 112 valence electrons. The van der Waals surface area contributed by atoms with Gasteiger partial charge in [0.25, 0.3) is 0 Å². The van der Waals surface area contributed by atoms with E-state index in [1.54, 1.807) is 7.11 Å². The van der Waals surface area contributed by atoms with Crippen LogP contribution >= 0.6 is 0 Å². The van der Waals surface area contributed by atoms with Crippen LogP contribution < -0.4 is 5.32 Å². The minimum Gasteiger partial charge on any atom is -0.383 e. The quantitative estimate of drug-likeness (QED) is 0.789.